The zero-order valence-corrected chi connectivity index (χ0v) is 13.1. The summed E-state index contributed by atoms with van der Waals surface area (Å²) in [6.45, 7) is 7.30. The maximum Gasteiger partial charge on any atom is 0.128 e. The van der Waals surface area contributed by atoms with Crippen molar-refractivity contribution in [3.63, 3.8) is 0 Å². The van der Waals surface area contributed by atoms with Crippen molar-refractivity contribution in [1.29, 1.82) is 0 Å². The van der Waals surface area contributed by atoms with Crippen molar-refractivity contribution in [3.8, 4) is 0 Å². The van der Waals surface area contributed by atoms with Gasteiger partial charge in [0.15, 0.2) is 0 Å². The molecule has 20 heavy (non-hydrogen) atoms. The van der Waals surface area contributed by atoms with Crippen LogP contribution in [0.4, 0.5) is 0 Å². The molecule has 0 N–H and O–H groups in total. The predicted octanol–water partition coefficient (Wildman–Crippen LogP) is 2.38. The molecule has 2 saturated heterocycles. The smallest absolute Gasteiger partial charge is 0.128 e. The van der Waals surface area contributed by atoms with E-state index < -0.39 is 0 Å². The Balaban J connectivity index is 1.45. The number of hydrogen-bond donors (Lipinski definition) is 0. The molecule has 4 nitrogen and oxygen atoms in total. The van der Waals surface area contributed by atoms with Gasteiger partial charge in [-0.3, -0.25) is 4.90 Å². The lowest BCUT2D eigenvalue weighted by Crippen LogP contribution is -2.38. The minimum Gasteiger partial charge on any atom is -0.321 e. The summed E-state index contributed by atoms with van der Waals surface area (Å²) in [5, 5.41) is 0.726. The second-order valence-electron chi connectivity index (χ2n) is 6.28. The molecule has 3 rings (SSSR count). The Morgan fingerprint density at radius 2 is 1.85 bits per heavy atom. The summed E-state index contributed by atoms with van der Waals surface area (Å²) in [6, 6.07) is 0. The van der Waals surface area contributed by atoms with Gasteiger partial charge in [0.1, 0.15) is 11.0 Å². The first kappa shape index (κ1) is 14.4. The highest BCUT2D eigenvalue weighted by molar-refractivity contribution is 6.29. The van der Waals surface area contributed by atoms with Crippen molar-refractivity contribution >= 4 is 11.6 Å². The Hall–Kier alpha value is -0.580. The highest BCUT2D eigenvalue weighted by Crippen LogP contribution is 2.22. The number of likely N-dealkylation sites (tertiary alicyclic amines) is 2. The van der Waals surface area contributed by atoms with E-state index in [1.54, 1.807) is 6.20 Å². The molecule has 1 aromatic rings. The summed E-state index contributed by atoms with van der Waals surface area (Å²) in [4.78, 5) is 9.56. The van der Waals surface area contributed by atoms with Crippen molar-refractivity contribution in [3.05, 3.63) is 17.2 Å². The van der Waals surface area contributed by atoms with Gasteiger partial charge in [-0.2, -0.15) is 0 Å². The Morgan fingerprint density at radius 3 is 2.45 bits per heavy atom. The van der Waals surface area contributed by atoms with Gasteiger partial charge in [0.05, 0.1) is 12.7 Å². The van der Waals surface area contributed by atoms with Crippen LogP contribution in [-0.2, 0) is 13.6 Å². The molecular formula is C15H25ClN4. The molecule has 2 aliphatic rings. The van der Waals surface area contributed by atoms with Crippen molar-refractivity contribution in [1.82, 2.24) is 19.4 Å². The quantitative estimate of drug-likeness (QED) is 0.853. The van der Waals surface area contributed by atoms with Gasteiger partial charge in [-0.15, -0.1) is 0 Å². The normalized spacial score (nSPS) is 22.7. The van der Waals surface area contributed by atoms with E-state index in [1.807, 2.05) is 11.6 Å². The van der Waals surface area contributed by atoms with Crippen molar-refractivity contribution < 1.29 is 0 Å². The van der Waals surface area contributed by atoms with Crippen LogP contribution in [0, 0.1) is 5.92 Å². The van der Waals surface area contributed by atoms with Crippen LogP contribution in [0.1, 0.15) is 31.5 Å². The number of imidazole rings is 1. The highest BCUT2D eigenvalue weighted by atomic mass is 35.5. The van der Waals surface area contributed by atoms with E-state index in [-0.39, 0.29) is 0 Å². The average Bonchev–Trinajstić information content (AvgIpc) is 3.06. The SMILES string of the molecule is Cn1c(Cl)cnc1CN1CCC(CN2CCCC2)CC1. The molecule has 0 atom stereocenters. The summed E-state index contributed by atoms with van der Waals surface area (Å²) in [5.74, 6) is 1.97. The lowest BCUT2D eigenvalue weighted by Gasteiger charge is -2.33. The first-order valence-corrected chi connectivity index (χ1v) is 8.21. The minimum atomic E-state index is 0.726. The molecule has 0 bridgehead atoms. The molecule has 0 amide bonds. The molecule has 2 fully saturated rings. The van der Waals surface area contributed by atoms with Crippen LogP contribution in [0.25, 0.3) is 0 Å². The highest BCUT2D eigenvalue weighted by Gasteiger charge is 2.23. The fraction of sp³-hybridized carbons (Fsp3) is 0.800. The fourth-order valence-electron chi connectivity index (χ4n) is 3.43. The minimum absolute atomic E-state index is 0.726. The summed E-state index contributed by atoms with van der Waals surface area (Å²) < 4.78 is 1.98. The molecule has 3 heterocycles. The van der Waals surface area contributed by atoms with Gasteiger partial charge in [-0.05, 0) is 57.8 Å². The third-order valence-electron chi connectivity index (χ3n) is 4.81. The Labute approximate surface area is 126 Å². The molecule has 1 aromatic heterocycles. The van der Waals surface area contributed by atoms with Gasteiger partial charge < -0.3 is 9.47 Å². The van der Waals surface area contributed by atoms with Crippen LogP contribution in [0.5, 0.6) is 0 Å². The summed E-state index contributed by atoms with van der Waals surface area (Å²) in [7, 11) is 1.99. The van der Waals surface area contributed by atoms with Gasteiger partial charge in [0.2, 0.25) is 0 Å². The number of hydrogen-bond acceptors (Lipinski definition) is 3. The molecule has 0 aliphatic carbocycles. The van der Waals surface area contributed by atoms with Crippen LogP contribution < -0.4 is 0 Å². The van der Waals surface area contributed by atoms with Gasteiger partial charge in [-0.25, -0.2) is 4.98 Å². The van der Waals surface area contributed by atoms with E-state index in [2.05, 4.69) is 14.8 Å². The standard InChI is InChI=1S/C15H25ClN4/c1-18-14(16)10-17-15(18)12-20-8-4-13(5-9-20)11-19-6-2-3-7-19/h10,13H,2-9,11-12H2,1H3. The third kappa shape index (κ3) is 3.35. The van der Waals surface area contributed by atoms with Crippen LogP contribution >= 0.6 is 11.6 Å². The Morgan fingerprint density at radius 1 is 1.15 bits per heavy atom. The molecule has 5 heteroatoms. The van der Waals surface area contributed by atoms with Crippen LogP contribution in [0.3, 0.4) is 0 Å². The first-order valence-electron chi connectivity index (χ1n) is 7.83. The predicted molar refractivity (Wildman–Crippen MR) is 81.9 cm³/mol. The number of aromatic nitrogens is 2. The van der Waals surface area contributed by atoms with Crippen molar-refractivity contribution in [2.45, 2.75) is 32.2 Å². The summed E-state index contributed by atoms with van der Waals surface area (Å²) >= 11 is 6.04. The van der Waals surface area contributed by atoms with E-state index in [1.165, 1.54) is 58.4 Å². The largest absolute Gasteiger partial charge is 0.321 e. The second kappa shape index (κ2) is 6.46. The van der Waals surface area contributed by atoms with Crippen LogP contribution in [-0.4, -0.2) is 52.1 Å². The zero-order valence-electron chi connectivity index (χ0n) is 12.4. The van der Waals surface area contributed by atoms with E-state index in [0.29, 0.717) is 0 Å². The number of halogens is 1. The maximum atomic E-state index is 6.04. The van der Waals surface area contributed by atoms with Crippen molar-refractivity contribution in [2.24, 2.45) is 13.0 Å². The number of rotatable bonds is 4. The van der Waals surface area contributed by atoms with Gasteiger partial charge in [-0.1, -0.05) is 11.6 Å². The van der Waals surface area contributed by atoms with Crippen LogP contribution in [0.15, 0.2) is 6.20 Å². The molecule has 112 valence electrons. The zero-order chi connectivity index (χ0) is 13.9. The van der Waals surface area contributed by atoms with E-state index >= 15 is 0 Å². The molecule has 0 saturated carbocycles. The number of nitrogens with zero attached hydrogens (tertiary/aromatic N) is 4. The first-order chi connectivity index (χ1) is 9.72. The average molecular weight is 297 g/mol. The third-order valence-corrected chi connectivity index (χ3v) is 5.17. The summed E-state index contributed by atoms with van der Waals surface area (Å²) in [5.41, 5.74) is 0. The van der Waals surface area contributed by atoms with Crippen LogP contribution in [0.2, 0.25) is 5.15 Å². The molecule has 0 spiro atoms. The van der Waals surface area contributed by atoms with E-state index in [9.17, 15) is 0 Å². The lowest BCUT2D eigenvalue weighted by molar-refractivity contribution is 0.145. The molecule has 0 unspecified atom stereocenters. The van der Waals surface area contributed by atoms with Crippen molar-refractivity contribution in [2.75, 3.05) is 32.7 Å². The van der Waals surface area contributed by atoms with E-state index in [4.69, 9.17) is 11.6 Å². The maximum absolute atomic E-state index is 6.04. The lowest BCUT2D eigenvalue weighted by atomic mass is 9.96. The topological polar surface area (TPSA) is 24.3 Å². The number of piperidine rings is 1. The molecule has 2 aliphatic heterocycles. The van der Waals surface area contributed by atoms with Gasteiger partial charge in [0, 0.05) is 13.6 Å². The monoisotopic (exact) mass is 296 g/mol. The summed E-state index contributed by atoms with van der Waals surface area (Å²) in [6.07, 6.45) is 7.21. The van der Waals surface area contributed by atoms with E-state index in [0.717, 1.165) is 23.4 Å². The Bertz CT molecular complexity index is 431. The van der Waals surface area contributed by atoms with Gasteiger partial charge in [0.25, 0.3) is 0 Å². The molecule has 0 radical (unpaired) electrons. The van der Waals surface area contributed by atoms with Gasteiger partial charge >= 0.3 is 0 Å². The molecular weight excluding hydrogens is 272 g/mol. The molecule has 0 aromatic carbocycles. The second-order valence-corrected chi connectivity index (χ2v) is 6.67. The fourth-order valence-corrected chi connectivity index (χ4v) is 3.57. The Kier molecular flexibility index (Phi) is 4.64.